The Hall–Kier alpha value is 0.370. The van der Waals surface area contributed by atoms with Crippen molar-refractivity contribution in [3.8, 4) is 0 Å². The molecule has 0 radical (unpaired) electrons. The Balaban J connectivity index is 2.71. The molecule has 0 amide bonds. The first-order chi connectivity index (χ1) is 7.33. The summed E-state index contributed by atoms with van der Waals surface area (Å²) in [5, 5.41) is 0. The van der Waals surface area contributed by atoms with E-state index in [1.54, 1.807) is 6.07 Å². The quantitative estimate of drug-likeness (QED) is 0.608. The van der Waals surface area contributed by atoms with Crippen molar-refractivity contribution in [3.05, 3.63) is 19.2 Å². The number of halogens is 5. The fourth-order valence-electron chi connectivity index (χ4n) is 1.23. The van der Waals surface area contributed by atoms with Gasteiger partial charge in [0.15, 0.2) is 0 Å². The van der Waals surface area contributed by atoms with Crippen molar-refractivity contribution < 1.29 is 13.2 Å². The molecule has 2 nitrogen and oxygen atoms in total. The molecular weight excluding hydrogens is 373 g/mol. The minimum Gasteiger partial charge on any atom is -0.271 e. The van der Waals surface area contributed by atoms with Gasteiger partial charge in [-0.1, -0.05) is 0 Å². The van der Waals surface area contributed by atoms with Crippen molar-refractivity contribution in [2.24, 2.45) is 5.84 Å². The van der Waals surface area contributed by atoms with Gasteiger partial charge >= 0.3 is 6.18 Å². The zero-order valence-electron chi connectivity index (χ0n) is 7.94. The van der Waals surface area contributed by atoms with Gasteiger partial charge in [-0.2, -0.15) is 13.2 Å². The Kier molecular flexibility index (Phi) is 5.24. The second-order valence-electron chi connectivity index (χ2n) is 3.15. The number of rotatable bonds is 4. The van der Waals surface area contributed by atoms with Gasteiger partial charge in [-0.3, -0.25) is 11.3 Å². The maximum absolute atomic E-state index is 12.1. The number of hydrogen-bond acceptors (Lipinski definition) is 3. The van der Waals surface area contributed by atoms with Crippen molar-refractivity contribution in [2.45, 2.75) is 25.1 Å². The minimum atomic E-state index is -4.16. The smallest absolute Gasteiger partial charge is 0.271 e. The molecule has 1 unspecified atom stereocenters. The van der Waals surface area contributed by atoms with E-state index in [-0.39, 0.29) is 6.42 Å². The van der Waals surface area contributed by atoms with E-state index < -0.39 is 18.6 Å². The summed E-state index contributed by atoms with van der Waals surface area (Å²) < 4.78 is 37.9. The lowest BCUT2D eigenvalue weighted by Gasteiger charge is -2.16. The lowest BCUT2D eigenvalue weighted by molar-refractivity contribution is -0.136. The third-order valence-corrected chi connectivity index (χ3v) is 4.36. The third-order valence-electron chi connectivity index (χ3n) is 1.98. The Bertz CT molecular complexity index is 354. The number of nitrogens with two attached hydrogens (primary N) is 1. The Labute approximate surface area is 112 Å². The van der Waals surface area contributed by atoms with E-state index in [1.807, 2.05) is 0 Å². The van der Waals surface area contributed by atoms with Crippen molar-refractivity contribution in [1.82, 2.24) is 5.43 Å². The van der Waals surface area contributed by atoms with Gasteiger partial charge in [0.25, 0.3) is 0 Å². The molecule has 0 aliphatic heterocycles. The predicted octanol–water partition coefficient (Wildman–Crippen LogP) is 4.12. The molecule has 1 aromatic heterocycles. The highest BCUT2D eigenvalue weighted by molar-refractivity contribution is 9.12. The van der Waals surface area contributed by atoms with E-state index in [4.69, 9.17) is 5.84 Å². The SMILES string of the molecule is NNC(CCC(F)(F)F)c1cc(Br)sc1Br. The largest absolute Gasteiger partial charge is 0.389 e. The highest BCUT2D eigenvalue weighted by atomic mass is 79.9. The predicted molar refractivity (Wildman–Crippen MR) is 65.1 cm³/mol. The molecule has 92 valence electrons. The summed E-state index contributed by atoms with van der Waals surface area (Å²) in [6.07, 6.45) is -5.10. The number of thiophene rings is 1. The number of alkyl halides is 3. The van der Waals surface area contributed by atoms with Crippen LogP contribution in [0.3, 0.4) is 0 Å². The zero-order valence-corrected chi connectivity index (χ0v) is 11.9. The molecule has 1 rings (SSSR count). The lowest BCUT2D eigenvalue weighted by atomic mass is 10.1. The molecule has 0 bridgehead atoms. The third kappa shape index (κ3) is 4.33. The van der Waals surface area contributed by atoms with Gasteiger partial charge in [-0.05, 0) is 49.9 Å². The van der Waals surface area contributed by atoms with Gasteiger partial charge in [-0.15, -0.1) is 11.3 Å². The standard InChI is InChI=1S/C8H9Br2F3N2S/c9-6-3-4(7(10)16-6)5(15-14)1-2-8(11,12)13/h3,5,15H,1-2,14H2. The number of hydrogen-bond donors (Lipinski definition) is 2. The minimum absolute atomic E-state index is 0.0816. The lowest BCUT2D eigenvalue weighted by Crippen LogP contribution is -2.29. The number of nitrogens with one attached hydrogen (secondary N) is 1. The zero-order chi connectivity index (χ0) is 12.3. The maximum atomic E-state index is 12.1. The van der Waals surface area contributed by atoms with Gasteiger partial charge in [0, 0.05) is 12.5 Å². The molecule has 1 aromatic rings. The molecule has 1 atom stereocenters. The van der Waals surface area contributed by atoms with Crippen molar-refractivity contribution in [2.75, 3.05) is 0 Å². The van der Waals surface area contributed by atoms with Gasteiger partial charge < -0.3 is 0 Å². The first kappa shape index (κ1) is 14.4. The Morgan fingerprint density at radius 3 is 2.44 bits per heavy atom. The summed E-state index contributed by atoms with van der Waals surface area (Å²) >= 11 is 7.96. The normalized spacial score (nSPS) is 14.1. The van der Waals surface area contributed by atoms with Crippen LogP contribution < -0.4 is 11.3 Å². The molecule has 0 saturated heterocycles. The van der Waals surface area contributed by atoms with Crippen molar-refractivity contribution in [3.63, 3.8) is 0 Å². The van der Waals surface area contributed by atoms with Crippen LogP contribution in [0.15, 0.2) is 13.6 Å². The molecule has 0 fully saturated rings. The monoisotopic (exact) mass is 380 g/mol. The van der Waals surface area contributed by atoms with Crippen LogP contribution in [0.25, 0.3) is 0 Å². The van der Waals surface area contributed by atoms with Crippen molar-refractivity contribution >= 4 is 43.2 Å². The van der Waals surface area contributed by atoms with E-state index in [0.717, 1.165) is 13.1 Å². The van der Waals surface area contributed by atoms with Crippen LogP contribution in [0, 0.1) is 0 Å². The molecule has 3 N–H and O–H groups in total. The topological polar surface area (TPSA) is 38.0 Å². The second kappa shape index (κ2) is 5.81. The summed E-state index contributed by atoms with van der Waals surface area (Å²) in [6.45, 7) is 0. The van der Waals surface area contributed by atoms with Crippen LogP contribution in [-0.4, -0.2) is 6.18 Å². The molecule has 0 aromatic carbocycles. The first-order valence-electron chi connectivity index (χ1n) is 4.31. The molecule has 0 aliphatic rings. The van der Waals surface area contributed by atoms with Gasteiger partial charge in [-0.25, -0.2) is 0 Å². The Morgan fingerprint density at radius 1 is 1.44 bits per heavy atom. The van der Waals surface area contributed by atoms with Crippen LogP contribution in [0.4, 0.5) is 13.2 Å². The summed E-state index contributed by atoms with van der Waals surface area (Å²) in [4.78, 5) is 0. The highest BCUT2D eigenvalue weighted by Crippen LogP contribution is 2.37. The first-order valence-corrected chi connectivity index (χ1v) is 6.71. The van der Waals surface area contributed by atoms with E-state index in [1.165, 1.54) is 11.3 Å². The van der Waals surface area contributed by atoms with E-state index >= 15 is 0 Å². The summed E-state index contributed by atoms with van der Waals surface area (Å²) in [5.41, 5.74) is 3.14. The molecule has 0 saturated carbocycles. The van der Waals surface area contributed by atoms with Crippen LogP contribution in [0.5, 0.6) is 0 Å². The summed E-state index contributed by atoms with van der Waals surface area (Å²) in [5.74, 6) is 5.26. The van der Waals surface area contributed by atoms with E-state index in [0.29, 0.717) is 0 Å². The molecular formula is C8H9Br2F3N2S. The highest BCUT2D eigenvalue weighted by Gasteiger charge is 2.29. The van der Waals surface area contributed by atoms with Crippen LogP contribution in [-0.2, 0) is 0 Å². The van der Waals surface area contributed by atoms with E-state index in [9.17, 15) is 13.2 Å². The average Bonchev–Trinajstić information content (AvgIpc) is 2.45. The average molecular weight is 382 g/mol. The van der Waals surface area contributed by atoms with Gasteiger partial charge in [0.1, 0.15) is 0 Å². The van der Waals surface area contributed by atoms with Crippen LogP contribution in [0.1, 0.15) is 24.4 Å². The summed E-state index contributed by atoms with van der Waals surface area (Å²) in [7, 11) is 0. The molecule has 8 heteroatoms. The Morgan fingerprint density at radius 2 is 2.06 bits per heavy atom. The molecule has 0 spiro atoms. The van der Waals surface area contributed by atoms with Gasteiger partial charge in [0.05, 0.1) is 7.57 Å². The number of hydrazine groups is 1. The molecule has 1 heterocycles. The summed E-state index contributed by atoms with van der Waals surface area (Å²) in [6, 6.07) is 1.26. The fraction of sp³-hybridized carbons (Fsp3) is 0.500. The molecule has 0 aliphatic carbocycles. The second-order valence-corrected chi connectivity index (χ2v) is 6.90. The van der Waals surface area contributed by atoms with Gasteiger partial charge in [0.2, 0.25) is 0 Å². The van der Waals surface area contributed by atoms with E-state index in [2.05, 4.69) is 37.3 Å². The maximum Gasteiger partial charge on any atom is 0.389 e. The van der Waals surface area contributed by atoms with Crippen LogP contribution >= 0.6 is 43.2 Å². The van der Waals surface area contributed by atoms with Crippen LogP contribution in [0.2, 0.25) is 0 Å². The fourth-order valence-corrected chi connectivity index (χ4v) is 4.20. The molecule has 16 heavy (non-hydrogen) atoms. The van der Waals surface area contributed by atoms with Crippen molar-refractivity contribution in [1.29, 1.82) is 0 Å².